The summed E-state index contributed by atoms with van der Waals surface area (Å²) in [5, 5.41) is 9.60. The van der Waals surface area contributed by atoms with Gasteiger partial charge in [0.2, 0.25) is 11.8 Å². The number of hydrogen-bond donors (Lipinski definition) is 3. The second kappa shape index (κ2) is 7.51. The molecule has 8 heteroatoms. The first kappa shape index (κ1) is 18.7. The number of piperidine rings is 2. The maximum absolute atomic E-state index is 12.8. The molecule has 3 fully saturated rings. The first-order chi connectivity index (χ1) is 14.1. The van der Waals surface area contributed by atoms with Crippen molar-refractivity contribution in [3.8, 4) is 0 Å². The smallest absolute Gasteiger partial charge is 0.255 e. The molecule has 1 aromatic carbocycles. The minimum absolute atomic E-state index is 0.125. The molecule has 2 unspecified atom stereocenters. The molecule has 4 heterocycles. The van der Waals surface area contributed by atoms with Crippen molar-refractivity contribution in [2.24, 2.45) is 0 Å². The number of imide groups is 1. The Labute approximate surface area is 169 Å². The third-order valence-electron chi connectivity index (χ3n) is 6.43. The number of nitrogens with one attached hydrogen (secondary N) is 3. The molecule has 154 valence electrons. The molecule has 3 saturated heterocycles. The Hall–Kier alpha value is -2.29. The fourth-order valence-electron chi connectivity index (χ4n) is 5.00. The number of rotatable bonds is 4. The normalized spacial score (nSPS) is 31.6. The zero-order chi connectivity index (χ0) is 20.0. The van der Waals surface area contributed by atoms with E-state index < -0.39 is 6.04 Å². The van der Waals surface area contributed by atoms with Crippen molar-refractivity contribution in [1.82, 2.24) is 20.9 Å². The van der Waals surface area contributed by atoms with Gasteiger partial charge in [-0.1, -0.05) is 12.1 Å². The van der Waals surface area contributed by atoms with E-state index >= 15 is 0 Å². The third-order valence-corrected chi connectivity index (χ3v) is 6.43. The molecule has 0 aliphatic carbocycles. The summed E-state index contributed by atoms with van der Waals surface area (Å²) in [4.78, 5) is 37.9. The van der Waals surface area contributed by atoms with Gasteiger partial charge in [0.25, 0.3) is 5.91 Å². The average molecular weight is 398 g/mol. The maximum Gasteiger partial charge on any atom is 0.255 e. The van der Waals surface area contributed by atoms with Crippen molar-refractivity contribution < 1.29 is 19.1 Å². The Bertz CT molecular complexity index is 845. The molecule has 8 nitrogen and oxygen atoms in total. The Morgan fingerprint density at radius 2 is 1.93 bits per heavy atom. The molecule has 4 aliphatic heterocycles. The summed E-state index contributed by atoms with van der Waals surface area (Å²) in [6.07, 6.45) is 2.78. The summed E-state index contributed by atoms with van der Waals surface area (Å²) in [5.74, 6) is -0.762. The van der Waals surface area contributed by atoms with Crippen LogP contribution in [0.1, 0.15) is 47.2 Å². The van der Waals surface area contributed by atoms with E-state index in [0.29, 0.717) is 36.7 Å². The lowest BCUT2D eigenvalue weighted by atomic mass is 9.92. The molecule has 1 aromatic rings. The number of morpholine rings is 1. The highest BCUT2D eigenvalue weighted by Crippen LogP contribution is 2.28. The molecular formula is C21H26N4O4. The summed E-state index contributed by atoms with van der Waals surface area (Å²) in [7, 11) is 0. The second-order valence-electron chi connectivity index (χ2n) is 8.54. The van der Waals surface area contributed by atoms with Gasteiger partial charge in [0.15, 0.2) is 0 Å². The van der Waals surface area contributed by atoms with Crippen molar-refractivity contribution >= 4 is 17.7 Å². The van der Waals surface area contributed by atoms with Crippen LogP contribution in [0.15, 0.2) is 18.2 Å². The van der Waals surface area contributed by atoms with Gasteiger partial charge in [-0.05, 0) is 36.5 Å². The van der Waals surface area contributed by atoms with Gasteiger partial charge >= 0.3 is 0 Å². The highest BCUT2D eigenvalue weighted by Gasteiger charge is 2.39. The Kier molecular flexibility index (Phi) is 4.85. The zero-order valence-electron chi connectivity index (χ0n) is 16.3. The van der Waals surface area contributed by atoms with Gasteiger partial charge < -0.3 is 20.3 Å². The van der Waals surface area contributed by atoms with Crippen molar-refractivity contribution in [1.29, 1.82) is 0 Å². The molecular weight excluding hydrogens is 372 g/mol. The molecule has 3 amide bonds. The van der Waals surface area contributed by atoms with Gasteiger partial charge in [0.05, 0.1) is 13.2 Å². The predicted molar refractivity (Wildman–Crippen MR) is 104 cm³/mol. The Morgan fingerprint density at radius 3 is 2.69 bits per heavy atom. The van der Waals surface area contributed by atoms with Crippen LogP contribution < -0.4 is 16.0 Å². The lowest BCUT2D eigenvalue weighted by Crippen LogP contribution is -2.57. The molecule has 0 aromatic heterocycles. The number of hydrogen-bond acceptors (Lipinski definition) is 6. The third kappa shape index (κ3) is 3.68. The molecule has 3 N–H and O–H groups in total. The molecule has 0 saturated carbocycles. The Balaban J connectivity index is 1.23. The number of carbonyl (C=O) groups excluding carboxylic acids is 3. The lowest BCUT2D eigenvalue weighted by molar-refractivity contribution is -0.136. The number of fused-ring (bicyclic) bond motifs is 3. The average Bonchev–Trinajstić information content (AvgIpc) is 3.02. The van der Waals surface area contributed by atoms with Crippen LogP contribution >= 0.6 is 0 Å². The van der Waals surface area contributed by atoms with E-state index in [1.165, 1.54) is 0 Å². The minimum Gasteiger partial charge on any atom is -0.378 e. The standard InChI is InChI=1S/C21H26N4O4/c26-19-4-3-18(20(27)24-19)25-9-13-5-12(1-2-17(13)21(25)28)8-22-14-6-15-10-29-11-16(7-14)23-15/h1-2,5,14-16,18,22-23H,3-4,6-11H2,(H,24,26,27)/t14?,15-,16+,18?. The number of nitrogens with zero attached hydrogens (tertiary/aromatic N) is 1. The maximum atomic E-state index is 12.8. The predicted octanol–water partition coefficient (Wildman–Crippen LogP) is 0.0566. The van der Waals surface area contributed by atoms with Gasteiger partial charge in [-0.2, -0.15) is 0 Å². The molecule has 0 radical (unpaired) electrons. The van der Waals surface area contributed by atoms with Gasteiger partial charge in [0, 0.05) is 43.2 Å². The monoisotopic (exact) mass is 398 g/mol. The van der Waals surface area contributed by atoms with Gasteiger partial charge in [-0.25, -0.2) is 0 Å². The first-order valence-corrected chi connectivity index (χ1v) is 10.4. The summed E-state index contributed by atoms with van der Waals surface area (Å²) in [6, 6.07) is 6.68. The van der Waals surface area contributed by atoms with E-state index in [2.05, 4.69) is 22.0 Å². The van der Waals surface area contributed by atoms with E-state index in [1.54, 1.807) is 4.90 Å². The zero-order valence-corrected chi connectivity index (χ0v) is 16.3. The van der Waals surface area contributed by atoms with Gasteiger partial charge in [0.1, 0.15) is 6.04 Å². The summed E-state index contributed by atoms with van der Waals surface area (Å²) < 4.78 is 5.61. The largest absolute Gasteiger partial charge is 0.378 e. The van der Waals surface area contributed by atoms with Crippen molar-refractivity contribution in [2.45, 2.75) is 62.9 Å². The molecule has 2 bridgehead atoms. The molecule has 29 heavy (non-hydrogen) atoms. The summed E-state index contributed by atoms with van der Waals surface area (Å²) >= 11 is 0. The topological polar surface area (TPSA) is 99.8 Å². The second-order valence-corrected chi connectivity index (χ2v) is 8.54. The highest BCUT2D eigenvalue weighted by molar-refractivity contribution is 6.05. The lowest BCUT2D eigenvalue weighted by Gasteiger charge is -2.40. The quantitative estimate of drug-likeness (QED) is 0.620. The molecule has 5 rings (SSSR count). The summed E-state index contributed by atoms with van der Waals surface area (Å²) in [5.41, 5.74) is 2.75. The summed E-state index contributed by atoms with van der Waals surface area (Å²) in [6.45, 7) is 2.74. The van der Waals surface area contributed by atoms with Crippen LogP contribution in [0.4, 0.5) is 0 Å². The van der Waals surface area contributed by atoms with E-state index in [1.807, 2.05) is 12.1 Å². The molecule has 4 aliphatic rings. The highest BCUT2D eigenvalue weighted by atomic mass is 16.5. The minimum atomic E-state index is -0.564. The van der Waals surface area contributed by atoms with Crippen LogP contribution in [-0.4, -0.2) is 60.0 Å². The number of benzene rings is 1. The SMILES string of the molecule is O=C1CCC(N2Cc3cc(CNC4C[C@H]5COC[C@@H](C4)N5)ccc3C2=O)C(=O)N1. The van der Waals surface area contributed by atoms with Crippen molar-refractivity contribution in [3.63, 3.8) is 0 Å². The van der Waals surface area contributed by atoms with Crippen LogP contribution in [0, 0.1) is 0 Å². The van der Waals surface area contributed by atoms with Crippen LogP contribution in [0.25, 0.3) is 0 Å². The van der Waals surface area contributed by atoms with Crippen molar-refractivity contribution in [2.75, 3.05) is 13.2 Å². The fraction of sp³-hybridized carbons (Fsp3) is 0.571. The van der Waals surface area contributed by atoms with Crippen LogP contribution in [0.2, 0.25) is 0 Å². The fourth-order valence-corrected chi connectivity index (χ4v) is 5.00. The Morgan fingerprint density at radius 1 is 1.14 bits per heavy atom. The van der Waals surface area contributed by atoms with Crippen molar-refractivity contribution in [3.05, 3.63) is 34.9 Å². The first-order valence-electron chi connectivity index (χ1n) is 10.4. The van der Waals surface area contributed by atoms with Gasteiger partial charge in [-0.15, -0.1) is 0 Å². The molecule has 4 atom stereocenters. The molecule has 0 spiro atoms. The number of amides is 3. The van der Waals surface area contributed by atoms with E-state index in [4.69, 9.17) is 4.74 Å². The van der Waals surface area contributed by atoms with E-state index in [-0.39, 0.29) is 24.1 Å². The van der Waals surface area contributed by atoms with Gasteiger partial charge in [-0.3, -0.25) is 19.7 Å². The van der Waals surface area contributed by atoms with E-state index in [0.717, 1.165) is 43.7 Å². The van der Waals surface area contributed by atoms with Crippen LogP contribution in [0.5, 0.6) is 0 Å². The number of carbonyl (C=O) groups is 3. The number of ether oxygens (including phenoxy) is 1. The van der Waals surface area contributed by atoms with Crippen LogP contribution in [0.3, 0.4) is 0 Å². The van der Waals surface area contributed by atoms with E-state index in [9.17, 15) is 14.4 Å². The van der Waals surface area contributed by atoms with Crippen LogP contribution in [-0.2, 0) is 27.4 Å².